The van der Waals surface area contributed by atoms with Gasteiger partial charge in [-0.1, -0.05) is 45.9 Å². The van der Waals surface area contributed by atoms with Crippen LogP contribution in [-0.2, 0) is 0 Å². The highest BCUT2D eigenvalue weighted by Gasteiger charge is 2.70. The molecular weight excluding hydrogens is 360 g/mol. The van der Waals surface area contributed by atoms with Gasteiger partial charge in [-0.15, -0.1) is 0 Å². The van der Waals surface area contributed by atoms with Crippen molar-refractivity contribution < 1.29 is 31.4 Å². The van der Waals surface area contributed by atoms with Gasteiger partial charge in [-0.05, 0) is 29.9 Å². The van der Waals surface area contributed by atoms with E-state index in [0.29, 0.717) is 5.69 Å². The number of aliphatic hydroxyl groups is 1. The van der Waals surface area contributed by atoms with Gasteiger partial charge in [-0.3, -0.25) is 4.99 Å². The Morgan fingerprint density at radius 2 is 1.31 bits per heavy atom. The van der Waals surface area contributed by atoms with Gasteiger partial charge in [0.2, 0.25) is 0 Å². The van der Waals surface area contributed by atoms with E-state index in [2.05, 4.69) is 4.99 Å². The average Bonchev–Trinajstić information content (AvgIpc) is 2.44. The van der Waals surface area contributed by atoms with Crippen molar-refractivity contribution in [2.45, 2.75) is 70.8 Å². The zero-order valence-electron chi connectivity index (χ0n) is 15.3. The lowest BCUT2D eigenvalue weighted by atomic mass is 9.92. The summed E-state index contributed by atoms with van der Waals surface area (Å²) in [6.45, 7) is 8.49. The van der Waals surface area contributed by atoms with Crippen LogP contribution in [0.15, 0.2) is 23.2 Å². The molecule has 0 fully saturated rings. The van der Waals surface area contributed by atoms with Gasteiger partial charge >= 0.3 is 12.4 Å². The van der Waals surface area contributed by atoms with Gasteiger partial charge in [0.1, 0.15) is 0 Å². The first-order valence-corrected chi connectivity index (χ1v) is 8.14. The molecule has 1 aromatic carbocycles. The highest BCUT2D eigenvalue weighted by Crippen LogP contribution is 2.46. The molecule has 0 aromatic heterocycles. The van der Waals surface area contributed by atoms with Gasteiger partial charge in [0.25, 0.3) is 5.60 Å². The minimum atomic E-state index is -5.86. The number of aliphatic imine (C=N–C) groups is 1. The van der Waals surface area contributed by atoms with Gasteiger partial charge in [-0.2, -0.15) is 26.3 Å². The highest BCUT2D eigenvalue weighted by molar-refractivity contribution is 5.86. The van der Waals surface area contributed by atoms with Gasteiger partial charge in [0.15, 0.2) is 0 Å². The van der Waals surface area contributed by atoms with Gasteiger partial charge in [-0.25, -0.2) is 0 Å². The maximum atomic E-state index is 12.9. The minimum absolute atomic E-state index is 0.0237. The number of nitrogens with zero attached hydrogens (tertiary/aromatic N) is 1. The summed E-state index contributed by atoms with van der Waals surface area (Å²) in [5.41, 5.74) is -3.48. The normalized spacial score (nSPS) is 14.5. The van der Waals surface area contributed by atoms with Crippen LogP contribution in [0, 0.1) is 0 Å². The summed E-state index contributed by atoms with van der Waals surface area (Å²) in [6, 6.07) is 5.26. The lowest BCUT2D eigenvalue weighted by molar-refractivity contribution is -0.365. The fourth-order valence-corrected chi connectivity index (χ4v) is 2.60. The van der Waals surface area contributed by atoms with Crippen LogP contribution in [-0.4, -0.2) is 28.8 Å². The molecule has 0 atom stereocenters. The van der Waals surface area contributed by atoms with Gasteiger partial charge in [0.05, 0.1) is 5.69 Å². The zero-order valence-corrected chi connectivity index (χ0v) is 15.3. The Balaban J connectivity index is 3.46. The highest BCUT2D eigenvalue weighted by atomic mass is 19.4. The number of hydrogen-bond donors (Lipinski definition) is 1. The second-order valence-electron chi connectivity index (χ2n) is 6.97. The number of rotatable bonds is 5. The lowest BCUT2D eigenvalue weighted by Gasteiger charge is -2.32. The third kappa shape index (κ3) is 4.58. The molecule has 0 unspecified atom stereocenters. The van der Waals surface area contributed by atoms with Crippen molar-refractivity contribution in [1.29, 1.82) is 0 Å². The molecular formula is C18H23F6NO. The van der Waals surface area contributed by atoms with Crippen molar-refractivity contribution in [3.05, 3.63) is 29.3 Å². The Kier molecular flexibility index (Phi) is 6.55. The molecule has 0 heterocycles. The third-order valence-electron chi connectivity index (χ3n) is 4.09. The van der Waals surface area contributed by atoms with Crippen molar-refractivity contribution >= 4 is 11.4 Å². The Bertz CT molecular complexity index is 618. The van der Waals surface area contributed by atoms with Crippen molar-refractivity contribution in [2.75, 3.05) is 0 Å². The predicted molar refractivity (Wildman–Crippen MR) is 89.1 cm³/mol. The summed E-state index contributed by atoms with van der Waals surface area (Å²) >= 11 is 0. The van der Waals surface area contributed by atoms with E-state index >= 15 is 0 Å². The van der Waals surface area contributed by atoms with Crippen LogP contribution >= 0.6 is 0 Å². The standard InChI is InChI=1S/C18H23F6NO/c1-10(2)13-7-6-8-14(11(3)4)15(13)25-12(5)9-16(26,17(19,20)21)18(22,23)24/h6-8,10-11,26H,9H2,1-5H3. The van der Waals surface area contributed by atoms with Crippen LogP contribution in [0.25, 0.3) is 0 Å². The van der Waals surface area contributed by atoms with Crippen LogP contribution in [0.4, 0.5) is 32.0 Å². The predicted octanol–water partition coefficient (Wildman–Crippen LogP) is 6.27. The van der Waals surface area contributed by atoms with Crippen LogP contribution < -0.4 is 0 Å². The van der Waals surface area contributed by atoms with Gasteiger partial charge < -0.3 is 5.11 Å². The first-order valence-electron chi connectivity index (χ1n) is 8.14. The van der Waals surface area contributed by atoms with Crippen LogP contribution in [0.3, 0.4) is 0 Å². The molecule has 0 aliphatic heterocycles. The Hall–Kier alpha value is -1.57. The molecule has 0 radical (unpaired) electrons. The monoisotopic (exact) mass is 383 g/mol. The molecule has 26 heavy (non-hydrogen) atoms. The minimum Gasteiger partial charge on any atom is -0.373 e. The molecule has 0 aliphatic carbocycles. The summed E-state index contributed by atoms with van der Waals surface area (Å²) in [6.07, 6.45) is -13.4. The number of hydrogen-bond acceptors (Lipinski definition) is 2. The van der Waals surface area contributed by atoms with E-state index in [1.165, 1.54) is 0 Å². The van der Waals surface area contributed by atoms with Crippen molar-refractivity contribution in [2.24, 2.45) is 4.99 Å². The average molecular weight is 383 g/mol. The summed E-state index contributed by atoms with van der Waals surface area (Å²) < 4.78 is 77.3. The smallest absolute Gasteiger partial charge is 0.373 e. The van der Waals surface area contributed by atoms with Crippen LogP contribution in [0.2, 0.25) is 0 Å². The maximum Gasteiger partial charge on any atom is 0.426 e. The quantitative estimate of drug-likeness (QED) is 0.472. The fraction of sp³-hybridized carbons (Fsp3) is 0.611. The molecule has 1 aromatic rings. The van der Waals surface area contributed by atoms with Gasteiger partial charge in [0, 0.05) is 12.1 Å². The zero-order chi connectivity index (χ0) is 20.5. The molecule has 8 heteroatoms. The Labute approximate surface area is 148 Å². The molecule has 0 saturated heterocycles. The largest absolute Gasteiger partial charge is 0.426 e. The van der Waals surface area contributed by atoms with E-state index in [4.69, 9.17) is 0 Å². The number of para-hydroxylation sites is 1. The van der Waals surface area contributed by atoms with Crippen LogP contribution in [0.1, 0.15) is 64.0 Å². The number of alkyl halides is 6. The fourth-order valence-electron chi connectivity index (χ4n) is 2.60. The van der Waals surface area contributed by atoms with Crippen molar-refractivity contribution in [3.8, 4) is 0 Å². The van der Waals surface area contributed by atoms with E-state index in [-0.39, 0.29) is 11.8 Å². The summed E-state index contributed by atoms with van der Waals surface area (Å²) in [7, 11) is 0. The molecule has 1 N–H and O–H groups in total. The molecule has 2 nitrogen and oxygen atoms in total. The van der Waals surface area contributed by atoms with E-state index in [1.807, 2.05) is 27.7 Å². The summed E-state index contributed by atoms with van der Waals surface area (Å²) in [4.78, 5) is 4.07. The molecule has 0 spiro atoms. The third-order valence-corrected chi connectivity index (χ3v) is 4.09. The summed E-state index contributed by atoms with van der Waals surface area (Å²) in [5, 5.41) is 9.36. The molecule has 0 bridgehead atoms. The Morgan fingerprint density at radius 3 is 1.62 bits per heavy atom. The van der Waals surface area contributed by atoms with E-state index in [9.17, 15) is 31.4 Å². The number of benzene rings is 1. The second kappa shape index (κ2) is 7.58. The maximum absolute atomic E-state index is 12.9. The van der Waals surface area contributed by atoms with Crippen molar-refractivity contribution in [1.82, 2.24) is 0 Å². The molecule has 148 valence electrons. The van der Waals surface area contributed by atoms with E-state index in [1.54, 1.807) is 18.2 Å². The Morgan fingerprint density at radius 1 is 0.923 bits per heavy atom. The molecule has 0 aliphatic rings. The molecule has 0 amide bonds. The molecule has 1 rings (SSSR count). The second-order valence-corrected chi connectivity index (χ2v) is 6.97. The lowest BCUT2D eigenvalue weighted by Crippen LogP contribution is -2.57. The topological polar surface area (TPSA) is 32.6 Å². The first-order chi connectivity index (χ1) is 11.6. The molecule has 0 saturated carbocycles. The van der Waals surface area contributed by atoms with E-state index < -0.39 is 30.1 Å². The SMILES string of the molecule is CC(CC(O)(C(F)(F)F)C(F)(F)F)=Nc1c(C(C)C)cccc1C(C)C. The summed E-state index contributed by atoms with van der Waals surface area (Å²) in [5.74, 6) is -0.0475. The van der Waals surface area contributed by atoms with Crippen LogP contribution in [0.5, 0.6) is 0 Å². The first kappa shape index (κ1) is 22.5. The van der Waals surface area contributed by atoms with E-state index in [0.717, 1.165) is 18.1 Å². The number of halogens is 6. The van der Waals surface area contributed by atoms with Crippen molar-refractivity contribution in [3.63, 3.8) is 0 Å².